The molecule has 3 rings (SSSR count). The molecule has 1 aliphatic heterocycles. The van der Waals surface area contributed by atoms with E-state index in [1.165, 1.54) is 27.8 Å². The smallest absolute Gasteiger partial charge is 0.0594 e. The summed E-state index contributed by atoms with van der Waals surface area (Å²) in [6, 6.07) is 16.0. The minimum Gasteiger partial charge on any atom is -0.379 e. The molecule has 1 fully saturated rings. The van der Waals surface area contributed by atoms with E-state index in [1.54, 1.807) is 0 Å². The third kappa shape index (κ3) is 4.01. The first-order chi connectivity index (χ1) is 11.3. The van der Waals surface area contributed by atoms with Gasteiger partial charge in [-0.25, -0.2) is 0 Å². The Bertz CT molecular complexity index is 627. The molecule has 122 valence electrons. The lowest BCUT2D eigenvalue weighted by Crippen LogP contribution is -2.35. The molecule has 2 heteroatoms. The molecule has 1 heterocycles. The van der Waals surface area contributed by atoms with Gasteiger partial charge in [0.1, 0.15) is 0 Å². The van der Waals surface area contributed by atoms with E-state index in [4.69, 9.17) is 4.74 Å². The van der Waals surface area contributed by atoms with Crippen molar-refractivity contribution < 1.29 is 4.74 Å². The third-order valence-corrected chi connectivity index (χ3v) is 4.77. The van der Waals surface area contributed by atoms with Crippen molar-refractivity contribution in [3.63, 3.8) is 0 Å². The Labute approximate surface area is 140 Å². The van der Waals surface area contributed by atoms with Crippen LogP contribution in [0.5, 0.6) is 0 Å². The highest BCUT2D eigenvalue weighted by Gasteiger charge is 2.10. The Morgan fingerprint density at radius 2 is 1.48 bits per heavy atom. The van der Waals surface area contributed by atoms with Crippen LogP contribution in [0.1, 0.15) is 30.5 Å². The SMILES string of the molecule is CCc1ccc(-c2ccc(CN3CCOCC3)cc2)cc1CC. The summed E-state index contributed by atoms with van der Waals surface area (Å²) in [6.45, 7) is 9.31. The number of hydrogen-bond donors (Lipinski definition) is 0. The molecule has 1 aliphatic rings. The van der Waals surface area contributed by atoms with Crippen LogP contribution in [0.4, 0.5) is 0 Å². The highest BCUT2D eigenvalue weighted by atomic mass is 16.5. The Balaban J connectivity index is 1.73. The molecule has 0 radical (unpaired) electrons. The maximum Gasteiger partial charge on any atom is 0.0594 e. The average Bonchev–Trinajstić information content (AvgIpc) is 2.62. The van der Waals surface area contributed by atoms with E-state index in [-0.39, 0.29) is 0 Å². The molecule has 0 aliphatic carbocycles. The molecule has 0 aromatic heterocycles. The zero-order chi connectivity index (χ0) is 16.1. The standard InChI is InChI=1S/C21H27NO/c1-3-18-9-10-21(15-19(18)4-2)20-7-5-17(6-8-20)16-22-11-13-23-14-12-22/h5-10,15H,3-4,11-14,16H2,1-2H3. The lowest BCUT2D eigenvalue weighted by molar-refractivity contribution is 0.0342. The van der Waals surface area contributed by atoms with Crippen molar-refractivity contribution in [3.8, 4) is 11.1 Å². The fraction of sp³-hybridized carbons (Fsp3) is 0.429. The third-order valence-electron chi connectivity index (χ3n) is 4.77. The molecule has 0 amide bonds. The van der Waals surface area contributed by atoms with Crippen molar-refractivity contribution in [2.75, 3.05) is 26.3 Å². The minimum atomic E-state index is 0.863. The number of benzene rings is 2. The van der Waals surface area contributed by atoms with Crippen LogP contribution in [0.3, 0.4) is 0 Å². The molecule has 0 saturated carbocycles. The second kappa shape index (κ2) is 7.76. The van der Waals surface area contributed by atoms with Gasteiger partial charge in [0, 0.05) is 19.6 Å². The molecule has 2 aromatic rings. The van der Waals surface area contributed by atoms with E-state index in [0.29, 0.717) is 0 Å². The molecule has 0 bridgehead atoms. The summed E-state index contributed by atoms with van der Waals surface area (Å²) in [6.07, 6.45) is 2.22. The minimum absolute atomic E-state index is 0.863. The van der Waals surface area contributed by atoms with Gasteiger partial charge >= 0.3 is 0 Å². The van der Waals surface area contributed by atoms with Crippen molar-refractivity contribution in [2.45, 2.75) is 33.2 Å². The van der Waals surface area contributed by atoms with Gasteiger partial charge in [-0.3, -0.25) is 4.90 Å². The van der Waals surface area contributed by atoms with Gasteiger partial charge in [-0.1, -0.05) is 56.3 Å². The summed E-state index contributed by atoms with van der Waals surface area (Å²) < 4.78 is 5.41. The van der Waals surface area contributed by atoms with Gasteiger partial charge in [0.15, 0.2) is 0 Å². The van der Waals surface area contributed by atoms with Crippen molar-refractivity contribution in [2.24, 2.45) is 0 Å². The number of aryl methyl sites for hydroxylation is 2. The van der Waals surface area contributed by atoms with Gasteiger partial charge in [0.25, 0.3) is 0 Å². The highest BCUT2D eigenvalue weighted by molar-refractivity contribution is 5.65. The van der Waals surface area contributed by atoms with Gasteiger partial charge < -0.3 is 4.74 Å². The zero-order valence-corrected chi connectivity index (χ0v) is 14.3. The number of ether oxygens (including phenoxy) is 1. The van der Waals surface area contributed by atoms with Gasteiger partial charge in [-0.2, -0.15) is 0 Å². The predicted octanol–water partition coefficient (Wildman–Crippen LogP) is 4.31. The maximum absolute atomic E-state index is 5.41. The Morgan fingerprint density at radius 3 is 2.13 bits per heavy atom. The van der Waals surface area contributed by atoms with Gasteiger partial charge in [0.2, 0.25) is 0 Å². The van der Waals surface area contributed by atoms with Crippen molar-refractivity contribution in [3.05, 3.63) is 59.2 Å². The Hall–Kier alpha value is -1.64. The monoisotopic (exact) mass is 309 g/mol. The molecule has 2 aromatic carbocycles. The lowest BCUT2D eigenvalue weighted by atomic mass is 9.96. The topological polar surface area (TPSA) is 12.5 Å². The van der Waals surface area contributed by atoms with Crippen molar-refractivity contribution >= 4 is 0 Å². The molecule has 1 saturated heterocycles. The predicted molar refractivity (Wildman–Crippen MR) is 96.7 cm³/mol. The van der Waals surface area contributed by atoms with E-state index < -0.39 is 0 Å². The molecule has 0 atom stereocenters. The van der Waals surface area contributed by atoms with Gasteiger partial charge in [-0.05, 0) is 40.7 Å². The molecule has 0 N–H and O–H groups in total. The molecule has 0 unspecified atom stereocenters. The maximum atomic E-state index is 5.41. The number of nitrogens with zero attached hydrogens (tertiary/aromatic N) is 1. The van der Waals surface area contributed by atoms with Crippen molar-refractivity contribution in [1.82, 2.24) is 4.90 Å². The van der Waals surface area contributed by atoms with Crippen molar-refractivity contribution in [1.29, 1.82) is 0 Å². The fourth-order valence-electron chi connectivity index (χ4n) is 3.30. The van der Waals surface area contributed by atoms with Gasteiger partial charge in [0.05, 0.1) is 13.2 Å². The van der Waals surface area contributed by atoms with Crippen LogP contribution in [-0.2, 0) is 24.1 Å². The van der Waals surface area contributed by atoms with E-state index in [0.717, 1.165) is 45.7 Å². The highest BCUT2D eigenvalue weighted by Crippen LogP contribution is 2.24. The number of morpholine rings is 1. The molecular formula is C21H27NO. The van der Waals surface area contributed by atoms with Crippen LogP contribution < -0.4 is 0 Å². The van der Waals surface area contributed by atoms with E-state index in [2.05, 4.69) is 61.2 Å². The Kier molecular flexibility index (Phi) is 5.47. The summed E-state index contributed by atoms with van der Waals surface area (Å²) in [7, 11) is 0. The number of rotatable bonds is 5. The summed E-state index contributed by atoms with van der Waals surface area (Å²) >= 11 is 0. The second-order valence-electron chi connectivity index (χ2n) is 6.28. The zero-order valence-electron chi connectivity index (χ0n) is 14.3. The van der Waals surface area contributed by atoms with E-state index in [1.807, 2.05) is 0 Å². The normalized spacial score (nSPS) is 15.7. The molecule has 0 spiro atoms. The summed E-state index contributed by atoms with van der Waals surface area (Å²) in [4.78, 5) is 2.46. The molecular weight excluding hydrogens is 282 g/mol. The lowest BCUT2D eigenvalue weighted by Gasteiger charge is -2.26. The van der Waals surface area contributed by atoms with Crippen LogP contribution in [0.15, 0.2) is 42.5 Å². The van der Waals surface area contributed by atoms with Crippen LogP contribution in [0, 0.1) is 0 Å². The van der Waals surface area contributed by atoms with Crippen LogP contribution in [0.25, 0.3) is 11.1 Å². The van der Waals surface area contributed by atoms with Gasteiger partial charge in [-0.15, -0.1) is 0 Å². The number of hydrogen-bond acceptors (Lipinski definition) is 2. The van der Waals surface area contributed by atoms with E-state index in [9.17, 15) is 0 Å². The first-order valence-electron chi connectivity index (χ1n) is 8.81. The second-order valence-corrected chi connectivity index (χ2v) is 6.28. The summed E-state index contributed by atoms with van der Waals surface area (Å²) in [5.41, 5.74) is 6.98. The first kappa shape index (κ1) is 16.2. The quantitative estimate of drug-likeness (QED) is 0.816. The largest absolute Gasteiger partial charge is 0.379 e. The van der Waals surface area contributed by atoms with E-state index >= 15 is 0 Å². The van der Waals surface area contributed by atoms with Crippen LogP contribution in [-0.4, -0.2) is 31.2 Å². The Morgan fingerprint density at radius 1 is 0.826 bits per heavy atom. The molecule has 23 heavy (non-hydrogen) atoms. The fourth-order valence-corrected chi connectivity index (χ4v) is 3.30. The summed E-state index contributed by atoms with van der Waals surface area (Å²) in [5.74, 6) is 0. The first-order valence-corrected chi connectivity index (χ1v) is 8.81. The summed E-state index contributed by atoms with van der Waals surface area (Å²) in [5, 5.41) is 0. The average molecular weight is 309 g/mol. The van der Waals surface area contributed by atoms with Crippen LogP contribution >= 0.6 is 0 Å². The van der Waals surface area contributed by atoms with Crippen LogP contribution in [0.2, 0.25) is 0 Å². The molecule has 2 nitrogen and oxygen atoms in total.